The zero-order chi connectivity index (χ0) is 15.5. The highest BCUT2D eigenvalue weighted by Gasteiger charge is 2.19. The number of para-hydroxylation sites is 1. The van der Waals surface area contributed by atoms with Gasteiger partial charge in [0.1, 0.15) is 0 Å². The Labute approximate surface area is 129 Å². The van der Waals surface area contributed by atoms with E-state index in [2.05, 4.69) is 23.3 Å². The van der Waals surface area contributed by atoms with Crippen LogP contribution in [0.25, 0.3) is 10.9 Å². The predicted octanol–water partition coefficient (Wildman–Crippen LogP) is 4.20. The Balaban J connectivity index is 2.22. The summed E-state index contributed by atoms with van der Waals surface area (Å²) >= 11 is 0. The topological polar surface area (TPSA) is 31.2 Å². The van der Waals surface area contributed by atoms with E-state index in [4.69, 9.17) is 4.74 Å². The lowest BCUT2D eigenvalue weighted by Gasteiger charge is -2.16. The first-order valence-electron chi connectivity index (χ1n) is 7.11. The van der Waals surface area contributed by atoms with Crippen LogP contribution in [0.2, 0.25) is 0 Å². The van der Waals surface area contributed by atoms with Crippen molar-refractivity contribution >= 4 is 16.9 Å². The number of hydrogen-bond donors (Lipinski definition) is 0. The van der Waals surface area contributed by atoms with E-state index < -0.39 is 0 Å². The Kier molecular flexibility index (Phi) is 3.79. The summed E-state index contributed by atoms with van der Waals surface area (Å²) in [5.41, 5.74) is 2.67. The van der Waals surface area contributed by atoms with Gasteiger partial charge < -0.3 is 9.30 Å². The highest BCUT2D eigenvalue weighted by Crippen LogP contribution is 2.29. The van der Waals surface area contributed by atoms with Gasteiger partial charge in [-0.25, -0.2) is 4.79 Å². The van der Waals surface area contributed by atoms with Gasteiger partial charge in [-0.1, -0.05) is 54.6 Å². The summed E-state index contributed by atoms with van der Waals surface area (Å²) in [5.74, 6) is -0.328. The van der Waals surface area contributed by atoms with Gasteiger partial charge >= 0.3 is 5.97 Å². The molecule has 0 saturated carbocycles. The standard InChI is InChI=1S/C19H17NO2/c1-3-17(14-9-5-4-6-10-14)20-13-16(19(21)22-2)15-11-7-8-12-18(15)20/h3-13,17H,1H2,2H3/t17-/m1/s1. The van der Waals surface area contributed by atoms with E-state index >= 15 is 0 Å². The number of fused-ring (bicyclic) bond motifs is 1. The van der Waals surface area contributed by atoms with E-state index in [0.717, 1.165) is 16.5 Å². The molecule has 0 unspecified atom stereocenters. The van der Waals surface area contributed by atoms with Crippen molar-refractivity contribution in [1.29, 1.82) is 0 Å². The number of benzene rings is 2. The van der Waals surface area contributed by atoms with Crippen LogP contribution in [0.4, 0.5) is 0 Å². The van der Waals surface area contributed by atoms with Crippen molar-refractivity contribution in [3.05, 3.63) is 84.6 Å². The van der Waals surface area contributed by atoms with E-state index in [1.165, 1.54) is 7.11 Å². The molecular weight excluding hydrogens is 274 g/mol. The number of ether oxygens (including phenoxy) is 1. The lowest BCUT2D eigenvalue weighted by Crippen LogP contribution is -2.07. The largest absolute Gasteiger partial charge is 0.465 e. The molecule has 22 heavy (non-hydrogen) atoms. The van der Waals surface area contributed by atoms with Crippen LogP contribution in [0, 0.1) is 0 Å². The van der Waals surface area contributed by atoms with E-state index in [1.54, 1.807) is 0 Å². The zero-order valence-corrected chi connectivity index (χ0v) is 12.4. The molecule has 3 rings (SSSR count). The summed E-state index contributed by atoms with van der Waals surface area (Å²) < 4.78 is 6.96. The maximum absolute atomic E-state index is 12.0. The second kappa shape index (κ2) is 5.90. The Morgan fingerprint density at radius 2 is 1.82 bits per heavy atom. The first-order valence-corrected chi connectivity index (χ1v) is 7.11. The summed E-state index contributed by atoms with van der Waals surface area (Å²) in [6.45, 7) is 3.96. The average molecular weight is 291 g/mol. The molecule has 0 aliphatic rings. The summed E-state index contributed by atoms with van der Waals surface area (Å²) in [6.07, 6.45) is 3.72. The summed E-state index contributed by atoms with van der Waals surface area (Å²) in [4.78, 5) is 12.0. The van der Waals surface area contributed by atoms with Crippen molar-refractivity contribution in [3.8, 4) is 0 Å². The highest BCUT2D eigenvalue weighted by molar-refractivity contribution is 6.04. The van der Waals surface area contributed by atoms with Crippen LogP contribution in [0.1, 0.15) is 22.0 Å². The van der Waals surface area contributed by atoms with Crippen molar-refractivity contribution in [1.82, 2.24) is 4.57 Å². The number of carbonyl (C=O) groups excluding carboxylic acids is 1. The van der Waals surface area contributed by atoms with Crippen LogP contribution in [0.3, 0.4) is 0 Å². The van der Waals surface area contributed by atoms with Gasteiger partial charge in [-0.2, -0.15) is 0 Å². The van der Waals surface area contributed by atoms with Crippen LogP contribution in [-0.4, -0.2) is 17.6 Å². The third-order valence-corrected chi connectivity index (χ3v) is 3.81. The molecule has 2 aromatic carbocycles. The minimum absolute atomic E-state index is 0.0375. The van der Waals surface area contributed by atoms with Crippen LogP contribution < -0.4 is 0 Å². The third-order valence-electron chi connectivity index (χ3n) is 3.81. The minimum atomic E-state index is -0.328. The second-order valence-electron chi connectivity index (χ2n) is 5.05. The predicted molar refractivity (Wildman–Crippen MR) is 88.1 cm³/mol. The molecule has 3 aromatic rings. The summed E-state index contributed by atoms with van der Waals surface area (Å²) in [6, 6.07) is 17.9. The Morgan fingerprint density at radius 3 is 2.50 bits per heavy atom. The molecule has 1 heterocycles. The Hall–Kier alpha value is -2.81. The first kappa shape index (κ1) is 14.1. The number of rotatable bonds is 4. The molecule has 0 fully saturated rings. The van der Waals surface area contributed by atoms with E-state index in [-0.39, 0.29) is 12.0 Å². The number of nitrogens with zero attached hydrogens (tertiary/aromatic N) is 1. The van der Waals surface area contributed by atoms with E-state index in [9.17, 15) is 4.79 Å². The number of allylic oxidation sites excluding steroid dienone is 1. The van der Waals surface area contributed by atoms with Gasteiger partial charge in [0.2, 0.25) is 0 Å². The number of carbonyl (C=O) groups is 1. The molecule has 3 heteroatoms. The Bertz CT molecular complexity index is 818. The molecule has 3 nitrogen and oxygen atoms in total. The normalized spacial score (nSPS) is 12.0. The van der Waals surface area contributed by atoms with Crippen molar-refractivity contribution in [2.75, 3.05) is 7.11 Å². The molecule has 1 aromatic heterocycles. The molecule has 0 saturated heterocycles. The fraction of sp³-hybridized carbons (Fsp3) is 0.105. The lowest BCUT2D eigenvalue weighted by atomic mass is 10.1. The molecule has 0 aliphatic heterocycles. The van der Waals surface area contributed by atoms with Gasteiger partial charge in [-0.15, -0.1) is 6.58 Å². The average Bonchev–Trinajstić information content (AvgIpc) is 2.96. The molecule has 0 amide bonds. The molecule has 0 bridgehead atoms. The minimum Gasteiger partial charge on any atom is -0.465 e. The highest BCUT2D eigenvalue weighted by atomic mass is 16.5. The smallest absolute Gasteiger partial charge is 0.340 e. The molecule has 0 aliphatic carbocycles. The van der Waals surface area contributed by atoms with Crippen LogP contribution in [0.5, 0.6) is 0 Å². The van der Waals surface area contributed by atoms with Crippen LogP contribution in [-0.2, 0) is 4.74 Å². The van der Waals surface area contributed by atoms with Crippen LogP contribution >= 0.6 is 0 Å². The number of hydrogen-bond acceptors (Lipinski definition) is 2. The molecule has 0 radical (unpaired) electrons. The van der Waals surface area contributed by atoms with Gasteiger partial charge in [-0.05, 0) is 11.6 Å². The third kappa shape index (κ3) is 2.31. The summed E-state index contributed by atoms with van der Waals surface area (Å²) in [7, 11) is 1.40. The van der Waals surface area contributed by atoms with E-state index in [1.807, 2.05) is 54.7 Å². The maximum Gasteiger partial charge on any atom is 0.340 e. The van der Waals surface area contributed by atoms with Crippen molar-refractivity contribution < 1.29 is 9.53 Å². The lowest BCUT2D eigenvalue weighted by molar-refractivity contribution is 0.0602. The van der Waals surface area contributed by atoms with Crippen molar-refractivity contribution in [3.63, 3.8) is 0 Å². The molecular formula is C19H17NO2. The molecule has 1 atom stereocenters. The fourth-order valence-corrected chi connectivity index (χ4v) is 2.77. The molecule has 0 spiro atoms. The van der Waals surface area contributed by atoms with Gasteiger partial charge in [0.15, 0.2) is 0 Å². The second-order valence-corrected chi connectivity index (χ2v) is 5.05. The van der Waals surface area contributed by atoms with Crippen molar-refractivity contribution in [2.45, 2.75) is 6.04 Å². The Morgan fingerprint density at radius 1 is 1.14 bits per heavy atom. The van der Waals surface area contributed by atoms with Gasteiger partial charge in [0.25, 0.3) is 0 Å². The zero-order valence-electron chi connectivity index (χ0n) is 12.4. The number of aromatic nitrogens is 1. The quantitative estimate of drug-likeness (QED) is 0.533. The van der Waals surface area contributed by atoms with Gasteiger partial charge in [-0.3, -0.25) is 0 Å². The molecule has 0 N–H and O–H groups in total. The van der Waals surface area contributed by atoms with Gasteiger partial charge in [0, 0.05) is 17.1 Å². The number of esters is 1. The van der Waals surface area contributed by atoms with Crippen LogP contribution in [0.15, 0.2) is 73.4 Å². The van der Waals surface area contributed by atoms with E-state index in [0.29, 0.717) is 5.56 Å². The maximum atomic E-state index is 12.0. The summed E-state index contributed by atoms with van der Waals surface area (Å²) in [5, 5.41) is 0.886. The monoisotopic (exact) mass is 291 g/mol. The van der Waals surface area contributed by atoms with Crippen molar-refractivity contribution in [2.24, 2.45) is 0 Å². The number of methoxy groups -OCH3 is 1. The van der Waals surface area contributed by atoms with Gasteiger partial charge in [0.05, 0.1) is 18.7 Å². The fourth-order valence-electron chi connectivity index (χ4n) is 2.77. The first-order chi connectivity index (χ1) is 10.8. The molecule has 110 valence electrons. The SMILES string of the molecule is C=C[C@H](c1ccccc1)n1cc(C(=O)OC)c2ccccc21.